The van der Waals surface area contributed by atoms with Crippen molar-refractivity contribution in [1.82, 2.24) is 20.1 Å². The first-order chi connectivity index (χ1) is 10.2. The molecule has 1 aromatic carbocycles. The zero-order valence-corrected chi connectivity index (χ0v) is 13.0. The molecule has 0 fully saturated rings. The Hall–Kier alpha value is -1.49. The molecule has 1 aliphatic heterocycles. The standard InChI is InChI=1S/C15H14Cl2N4/c1-18-11-4-5-21-14-9(2-3-10(16)13(14)17)12(15(11)21)8-6-19-20-7-8/h2-3,6-7,11,18H,4-5H2,1H3,(H,19,20). The third-order valence-corrected chi connectivity index (χ3v) is 5.06. The summed E-state index contributed by atoms with van der Waals surface area (Å²) in [7, 11) is 1.99. The van der Waals surface area contributed by atoms with E-state index >= 15 is 0 Å². The van der Waals surface area contributed by atoms with E-state index in [4.69, 9.17) is 23.2 Å². The normalized spacial score (nSPS) is 17.6. The van der Waals surface area contributed by atoms with Gasteiger partial charge >= 0.3 is 0 Å². The Kier molecular flexibility index (Phi) is 2.99. The number of nitrogens with one attached hydrogen (secondary N) is 2. The lowest BCUT2D eigenvalue weighted by molar-refractivity contribution is 0.588. The third-order valence-electron chi connectivity index (χ3n) is 4.26. The van der Waals surface area contributed by atoms with Gasteiger partial charge in [-0.1, -0.05) is 29.3 Å². The minimum Gasteiger partial charge on any atom is -0.341 e. The van der Waals surface area contributed by atoms with Crippen LogP contribution in [-0.2, 0) is 6.54 Å². The van der Waals surface area contributed by atoms with Crippen molar-refractivity contribution in [3.05, 3.63) is 40.3 Å². The lowest BCUT2D eigenvalue weighted by Gasteiger charge is -2.10. The summed E-state index contributed by atoms with van der Waals surface area (Å²) in [5.41, 5.74) is 4.55. The lowest BCUT2D eigenvalue weighted by atomic mass is 10.0. The van der Waals surface area contributed by atoms with E-state index in [0.717, 1.165) is 29.4 Å². The Morgan fingerprint density at radius 1 is 1.38 bits per heavy atom. The molecule has 0 spiro atoms. The smallest absolute Gasteiger partial charge is 0.0835 e. The van der Waals surface area contributed by atoms with Gasteiger partial charge in [0.05, 0.1) is 21.8 Å². The highest BCUT2D eigenvalue weighted by Crippen LogP contribution is 2.45. The fraction of sp³-hybridized carbons (Fsp3) is 0.267. The number of rotatable bonds is 2. The summed E-state index contributed by atoms with van der Waals surface area (Å²) >= 11 is 12.7. The molecular formula is C15H14Cl2N4. The van der Waals surface area contributed by atoms with Crippen molar-refractivity contribution in [2.75, 3.05) is 7.05 Å². The summed E-state index contributed by atoms with van der Waals surface area (Å²) < 4.78 is 2.28. The molecule has 1 unspecified atom stereocenters. The summed E-state index contributed by atoms with van der Waals surface area (Å²) in [5, 5.41) is 12.7. The fourth-order valence-electron chi connectivity index (χ4n) is 3.36. The Morgan fingerprint density at radius 2 is 2.24 bits per heavy atom. The average molecular weight is 321 g/mol. The molecule has 0 amide bonds. The number of H-pyrrole nitrogens is 1. The maximum absolute atomic E-state index is 6.48. The van der Waals surface area contributed by atoms with E-state index in [9.17, 15) is 0 Å². The zero-order valence-electron chi connectivity index (χ0n) is 11.5. The minimum atomic E-state index is 0.317. The topological polar surface area (TPSA) is 45.6 Å². The highest BCUT2D eigenvalue weighted by molar-refractivity contribution is 6.45. The summed E-state index contributed by atoms with van der Waals surface area (Å²) in [4.78, 5) is 0. The third kappa shape index (κ3) is 1.76. The molecule has 6 heteroatoms. The van der Waals surface area contributed by atoms with Gasteiger partial charge in [-0.2, -0.15) is 5.10 Å². The number of benzene rings is 1. The van der Waals surface area contributed by atoms with Crippen LogP contribution in [0.2, 0.25) is 10.0 Å². The maximum Gasteiger partial charge on any atom is 0.0835 e. The minimum absolute atomic E-state index is 0.317. The molecule has 1 atom stereocenters. The van der Waals surface area contributed by atoms with Gasteiger partial charge in [-0.25, -0.2) is 0 Å². The first-order valence-electron chi connectivity index (χ1n) is 6.89. The SMILES string of the molecule is CNC1CCn2c1c(-c1cn[nH]c1)c1ccc(Cl)c(Cl)c12. The van der Waals surface area contributed by atoms with Gasteiger partial charge < -0.3 is 9.88 Å². The van der Waals surface area contributed by atoms with Crippen LogP contribution in [0.1, 0.15) is 18.2 Å². The molecule has 2 N–H and O–H groups in total. The van der Waals surface area contributed by atoms with Crippen molar-refractivity contribution in [2.24, 2.45) is 0 Å². The number of aromatic amines is 1. The predicted molar refractivity (Wildman–Crippen MR) is 86.0 cm³/mol. The average Bonchev–Trinajstić information content (AvgIpc) is 3.17. The molecule has 0 saturated heterocycles. The Morgan fingerprint density at radius 3 is 2.95 bits per heavy atom. The second kappa shape index (κ2) is 4.77. The van der Waals surface area contributed by atoms with Crippen molar-refractivity contribution in [1.29, 1.82) is 0 Å². The monoisotopic (exact) mass is 320 g/mol. The highest BCUT2D eigenvalue weighted by atomic mass is 35.5. The van der Waals surface area contributed by atoms with E-state index < -0.39 is 0 Å². The quantitative estimate of drug-likeness (QED) is 0.749. The van der Waals surface area contributed by atoms with Crippen molar-refractivity contribution in [3.63, 3.8) is 0 Å². The van der Waals surface area contributed by atoms with E-state index in [0.29, 0.717) is 16.1 Å². The number of aryl methyl sites for hydroxylation is 1. The first-order valence-corrected chi connectivity index (χ1v) is 7.64. The summed E-state index contributed by atoms with van der Waals surface area (Å²) in [6.07, 6.45) is 4.82. The number of nitrogens with zero attached hydrogens (tertiary/aromatic N) is 2. The van der Waals surface area contributed by atoms with Gasteiger partial charge in [0.1, 0.15) is 0 Å². The summed E-state index contributed by atoms with van der Waals surface area (Å²) in [6, 6.07) is 4.22. The van der Waals surface area contributed by atoms with E-state index in [-0.39, 0.29) is 0 Å². The number of hydrogen-bond acceptors (Lipinski definition) is 2. The molecule has 3 aromatic rings. The van der Waals surface area contributed by atoms with Gasteiger partial charge in [-0.15, -0.1) is 0 Å². The van der Waals surface area contributed by atoms with Gasteiger partial charge in [0.15, 0.2) is 0 Å². The molecule has 0 bridgehead atoms. The van der Waals surface area contributed by atoms with Crippen LogP contribution in [0.3, 0.4) is 0 Å². The second-order valence-corrected chi connectivity index (χ2v) is 6.07. The van der Waals surface area contributed by atoms with Crippen LogP contribution in [0.5, 0.6) is 0 Å². The summed E-state index contributed by atoms with van der Waals surface area (Å²) in [6.45, 7) is 0.940. The molecule has 2 aromatic heterocycles. The van der Waals surface area contributed by atoms with E-state index in [1.54, 1.807) is 0 Å². The van der Waals surface area contributed by atoms with Crippen molar-refractivity contribution < 1.29 is 0 Å². The molecule has 4 rings (SSSR count). The van der Waals surface area contributed by atoms with Crippen LogP contribution in [0.4, 0.5) is 0 Å². The molecule has 3 heterocycles. The fourth-order valence-corrected chi connectivity index (χ4v) is 3.78. The second-order valence-electron chi connectivity index (χ2n) is 5.29. The van der Waals surface area contributed by atoms with Crippen LogP contribution in [0.25, 0.3) is 22.0 Å². The van der Waals surface area contributed by atoms with Gasteiger partial charge in [0.25, 0.3) is 0 Å². The Bertz CT molecular complexity index is 820. The molecule has 0 saturated carbocycles. The Labute approximate surface area is 132 Å². The summed E-state index contributed by atoms with van der Waals surface area (Å²) in [5.74, 6) is 0. The van der Waals surface area contributed by atoms with E-state index in [1.165, 1.54) is 11.3 Å². The number of aromatic nitrogens is 3. The lowest BCUT2D eigenvalue weighted by Crippen LogP contribution is -2.13. The Balaban J connectivity index is 2.15. The van der Waals surface area contributed by atoms with E-state index in [1.807, 2.05) is 31.6 Å². The van der Waals surface area contributed by atoms with Crippen LogP contribution < -0.4 is 5.32 Å². The maximum atomic E-state index is 6.48. The molecule has 21 heavy (non-hydrogen) atoms. The number of hydrogen-bond donors (Lipinski definition) is 2. The molecule has 4 nitrogen and oxygen atoms in total. The highest BCUT2D eigenvalue weighted by Gasteiger charge is 2.30. The van der Waals surface area contributed by atoms with Crippen LogP contribution in [-0.4, -0.2) is 21.8 Å². The zero-order chi connectivity index (χ0) is 14.6. The van der Waals surface area contributed by atoms with Crippen LogP contribution in [0.15, 0.2) is 24.5 Å². The predicted octanol–water partition coefficient (Wildman–Crippen LogP) is 4.00. The van der Waals surface area contributed by atoms with E-state index in [2.05, 4.69) is 20.1 Å². The van der Waals surface area contributed by atoms with Crippen molar-refractivity contribution >= 4 is 34.1 Å². The number of halogens is 2. The van der Waals surface area contributed by atoms with Gasteiger partial charge in [0.2, 0.25) is 0 Å². The number of fused-ring (bicyclic) bond motifs is 3. The van der Waals surface area contributed by atoms with Crippen LogP contribution >= 0.6 is 23.2 Å². The molecule has 0 aliphatic carbocycles. The van der Waals surface area contributed by atoms with Gasteiger partial charge in [-0.05, 0) is 19.5 Å². The molecular weight excluding hydrogens is 307 g/mol. The van der Waals surface area contributed by atoms with Gasteiger partial charge in [-0.3, -0.25) is 5.10 Å². The van der Waals surface area contributed by atoms with Crippen LogP contribution in [0, 0.1) is 0 Å². The molecule has 1 aliphatic rings. The molecule has 0 radical (unpaired) electrons. The first kappa shape index (κ1) is 13.2. The largest absolute Gasteiger partial charge is 0.341 e. The van der Waals surface area contributed by atoms with Crippen molar-refractivity contribution in [2.45, 2.75) is 19.0 Å². The molecule has 108 valence electrons. The van der Waals surface area contributed by atoms with Crippen molar-refractivity contribution in [3.8, 4) is 11.1 Å². The van der Waals surface area contributed by atoms with Gasteiger partial charge in [0, 0.05) is 41.0 Å².